The van der Waals surface area contributed by atoms with Gasteiger partial charge in [0.2, 0.25) is 11.1 Å². The van der Waals surface area contributed by atoms with Crippen molar-refractivity contribution < 1.29 is 14.2 Å². The van der Waals surface area contributed by atoms with Crippen LogP contribution in [0.1, 0.15) is 43.0 Å². The van der Waals surface area contributed by atoms with Gasteiger partial charge in [-0.2, -0.15) is 0 Å². The van der Waals surface area contributed by atoms with Crippen LogP contribution in [0.25, 0.3) is 0 Å². The molecule has 0 heterocycles. The molecule has 0 radical (unpaired) electrons. The summed E-state index contributed by atoms with van der Waals surface area (Å²) < 4.78 is 13.2. The molecule has 0 saturated carbocycles. The molecule has 3 aromatic carbocycles. The van der Waals surface area contributed by atoms with E-state index in [0.717, 1.165) is 16.7 Å². The normalized spacial score (nSPS) is 11.3. The van der Waals surface area contributed by atoms with Crippen molar-refractivity contribution in [2.75, 3.05) is 0 Å². The van der Waals surface area contributed by atoms with E-state index in [2.05, 4.69) is 0 Å². The molecule has 146 valence electrons. The van der Waals surface area contributed by atoms with Crippen molar-refractivity contribution in [1.82, 2.24) is 0 Å². The predicted molar refractivity (Wildman–Crippen MR) is 119 cm³/mol. The molecule has 1 atom stereocenters. The number of hydrogen-bond acceptors (Lipinski definition) is 3. The summed E-state index contributed by atoms with van der Waals surface area (Å²) >= 11 is 12.4. The summed E-state index contributed by atoms with van der Waals surface area (Å²) in [5.74, 6) is -0.468. The monoisotopic (exact) mass is 443 g/mol. The Labute approximate surface area is 180 Å². The molecule has 0 amide bonds. The van der Waals surface area contributed by atoms with Crippen LogP contribution in [0.15, 0.2) is 54.6 Å². The van der Waals surface area contributed by atoms with Crippen LogP contribution >= 0.6 is 31.0 Å². The third-order valence-electron chi connectivity index (χ3n) is 4.63. The highest BCUT2D eigenvalue weighted by atomic mass is 35.5. The zero-order chi connectivity index (χ0) is 21.3. The van der Waals surface area contributed by atoms with Gasteiger partial charge in [-0.05, 0) is 56.2 Å². The van der Waals surface area contributed by atoms with Crippen LogP contribution in [0.3, 0.4) is 0 Å². The van der Waals surface area contributed by atoms with Crippen LogP contribution < -0.4 is 5.30 Å². The average Bonchev–Trinajstić information content (AvgIpc) is 2.66. The van der Waals surface area contributed by atoms with Gasteiger partial charge in [0.25, 0.3) is 0 Å². The standard InChI is InChI=1S/C23H18Cl2O3P/c1-13-11-14(2)20(15(3)12-13)23(27)29(28)19-10-5-4-7-16(19)22(26)21-17(24)8-6-9-18(21)25/h4-12H,1-3H3/q+1. The molecule has 3 rings (SSSR count). The molecule has 0 saturated heterocycles. The molecule has 0 aromatic heterocycles. The fourth-order valence-corrected chi connectivity index (χ4v) is 5.38. The molecule has 0 fully saturated rings. The number of hydrogen-bond donors (Lipinski definition) is 0. The van der Waals surface area contributed by atoms with Gasteiger partial charge in [0.05, 0.1) is 26.7 Å². The van der Waals surface area contributed by atoms with Crippen molar-refractivity contribution in [1.29, 1.82) is 0 Å². The fourth-order valence-electron chi connectivity index (χ4n) is 3.42. The molecule has 0 aliphatic rings. The molecule has 3 aromatic rings. The Morgan fingerprint density at radius 2 is 1.34 bits per heavy atom. The van der Waals surface area contributed by atoms with Gasteiger partial charge >= 0.3 is 13.3 Å². The summed E-state index contributed by atoms with van der Waals surface area (Å²) in [6.45, 7) is 5.57. The molecule has 0 aliphatic carbocycles. The fraction of sp³-hybridized carbons (Fsp3) is 0.130. The molecule has 1 unspecified atom stereocenters. The lowest BCUT2D eigenvalue weighted by Gasteiger charge is -2.07. The van der Waals surface area contributed by atoms with Crippen LogP contribution in [-0.2, 0) is 4.57 Å². The minimum atomic E-state index is -2.51. The number of rotatable bonds is 5. The topological polar surface area (TPSA) is 51.2 Å². The lowest BCUT2D eigenvalue weighted by Crippen LogP contribution is -2.17. The van der Waals surface area contributed by atoms with E-state index in [4.69, 9.17) is 23.2 Å². The first-order valence-corrected chi connectivity index (χ1v) is 10.9. The highest BCUT2D eigenvalue weighted by Gasteiger charge is 2.38. The van der Waals surface area contributed by atoms with Crippen LogP contribution in [0.5, 0.6) is 0 Å². The van der Waals surface area contributed by atoms with Gasteiger partial charge in [0.15, 0.2) is 0 Å². The van der Waals surface area contributed by atoms with Gasteiger partial charge < -0.3 is 0 Å². The Balaban J connectivity index is 2.09. The Hall–Kier alpha value is -2.32. The summed E-state index contributed by atoms with van der Waals surface area (Å²) in [5, 5.41) is 0.570. The Bertz CT molecular complexity index is 1130. The van der Waals surface area contributed by atoms with Crippen molar-refractivity contribution in [3.8, 4) is 0 Å². The van der Waals surface area contributed by atoms with Crippen molar-refractivity contribution in [3.05, 3.63) is 98.0 Å². The SMILES string of the molecule is Cc1cc(C)c(C(=O)[P+](=O)c2ccccc2C(=O)c2c(Cl)cccc2Cl)c(C)c1. The minimum absolute atomic E-state index is 0.127. The zero-order valence-corrected chi connectivity index (χ0v) is 18.5. The Morgan fingerprint density at radius 1 is 0.793 bits per heavy atom. The van der Waals surface area contributed by atoms with Gasteiger partial charge in [-0.3, -0.25) is 4.79 Å². The molecule has 6 heteroatoms. The second-order valence-corrected chi connectivity index (χ2v) is 9.11. The summed E-state index contributed by atoms with van der Waals surface area (Å²) in [7, 11) is -2.51. The van der Waals surface area contributed by atoms with Crippen molar-refractivity contribution in [2.45, 2.75) is 20.8 Å². The summed E-state index contributed by atoms with van der Waals surface area (Å²) in [6, 6.07) is 14.9. The van der Waals surface area contributed by atoms with Crippen molar-refractivity contribution in [3.63, 3.8) is 0 Å². The lowest BCUT2D eigenvalue weighted by molar-refractivity contribution is 0.103. The molecule has 0 N–H and O–H groups in total. The van der Waals surface area contributed by atoms with Crippen molar-refractivity contribution >= 4 is 47.6 Å². The largest absolute Gasteiger partial charge is 0.459 e. The summed E-state index contributed by atoms with van der Waals surface area (Å²) in [6.07, 6.45) is 0. The van der Waals surface area contributed by atoms with E-state index < -0.39 is 19.1 Å². The molecule has 3 nitrogen and oxygen atoms in total. The highest BCUT2D eigenvalue weighted by molar-refractivity contribution is 7.71. The molecular formula is C23H18Cl2O3P+. The van der Waals surface area contributed by atoms with Crippen molar-refractivity contribution in [2.24, 2.45) is 0 Å². The van der Waals surface area contributed by atoms with Gasteiger partial charge in [-0.25, -0.2) is 4.79 Å². The maximum atomic E-state index is 13.2. The molecule has 0 aliphatic heterocycles. The maximum absolute atomic E-state index is 13.2. The smallest absolute Gasteiger partial charge is 0.288 e. The first-order chi connectivity index (χ1) is 13.7. The van der Waals surface area contributed by atoms with Crippen LogP contribution in [0, 0.1) is 20.8 Å². The maximum Gasteiger partial charge on any atom is 0.459 e. The first-order valence-electron chi connectivity index (χ1n) is 8.89. The van der Waals surface area contributed by atoms with E-state index in [1.807, 2.05) is 32.9 Å². The number of ketones is 1. The number of carbonyl (C=O) groups excluding carboxylic acids is 2. The Kier molecular flexibility index (Phi) is 6.33. The quantitative estimate of drug-likeness (QED) is 0.336. The predicted octanol–water partition coefficient (Wildman–Crippen LogP) is 6.44. The lowest BCUT2D eigenvalue weighted by atomic mass is 10.0. The number of carbonyl (C=O) groups is 2. The Morgan fingerprint density at radius 3 is 1.93 bits per heavy atom. The van der Waals surface area contributed by atoms with E-state index in [-0.39, 0.29) is 26.5 Å². The second kappa shape index (κ2) is 8.59. The van der Waals surface area contributed by atoms with Gasteiger partial charge in [-0.1, -0.05) is 63.7 Å². The van der Waals surface area contributed by atoms with Crippen LogP contribution in [0.2, 0.25) is 10.0 Å². The number of halogens is 2. The summed E-state index contributed by atoms with van der Waals surface area (Å²) in [5.41, 5.74) is 2.75. The second-order valence-electron chi connectivity index (χ2n) is 6.82. The molecule has 29 heavy (non-hydrogen) atoms. The third-order valence-corrected chi connectivity index (χ3v) is 6.68. The minimum Gasteiger partial charge on any atom is -0.288 e. The van der Waals surface area contributed by atoms with Crippen LogP contribution in [0.4, 0.5) is 0 Å². The molecule has 0 bridgehead atoms. The third kappa shape index (κ3) is 4.18. The van der Waals surface area contributed by atoms with Gasteiger partial charge in [0.1, 0.15) is 0 Å². The number of aryl methyl sites for hydroxylation is 3. The molecular weight excluding hydrogens is 426 g/mol. The first kappa shape index (κ1) is 21.4. The number of benzene rings is 3. The van der Waals surface area contributed by atoms with Crippen LogP contribution in [-0.4, -0.2) is 11.3 Å². The summed E-state index contributed by atoms with van der Waals surface area (Å²) in [4.78, 5) is 26.2. The van der Waals surface area contributed by atoms with E-state index in [0.29, 0.717) is 5.56 Å². The van der Waals surface area contributed by atoms with E-state index in [9.17, 15) is 14.2 Å². The van der Waals surface area contributed by atoms with E-state index in [1.54, 1.807) is 30.3 Å². The molecule has 0 spiro atoms. The highest BCUT2D eigenvalue weighted by Crippen LogP contribution is 2.33. The van der Waals surface area contributed by atoms with Gasteiger partial charge in [-0.15, -0.1) is 0 Å². The van der Waals surface area contributed by atoms with E-state index in [1.165, 1.54) is 12.1 Å². The van der Waals surface area contributed by atoms with E-state index >= 15 is 0 Å². The zero-order valence-electron chi connectivity index (χ0n) is 16.1. The van der Waals surface area contributed by atoms with Gasteiger partial charge in [0, 0.05) is 0 Å². The average molecular weight is 444 g/mol.